The summed E-state index contributed by atoms with van der Waals surface area (Å²) in [5.41, 5.74) is 0.972. The highest BCUT2D eigenvalue weighted by molar-refractivity contribution is 7.70. The van der Waals surface area contributed by atoms with Crippen LogP contribution in [-0.4, -0.2) is 92.5 Å². The quantitative estimate of drug-likeness (QED) is 0.349. The van der Waals surface area contributed by atoms with Crippen LogP contribution in [0.5, 0.6) is 5.75 Å². The van der Waals surface area contributed by atoms with Crippen molar-refractivity contribution in [3.63, 3.8) is 0 Å². The monoisotopic (exact) mass is 588 g/mol. The molecule has 0 saturated carbocycles. The number of piperidine rings is 1. The summed E-state index contributed by atoms with van der Waals surface area (Å²) in [5, 5.41) is 6.90. The molecule has 0 aliphatic carbocycles. The minimum atomic E-state index is -2.84. The molecule has 2 aliphatic heterocycles. The SMILES string of the molecule is [2H]c1cc(Nc2ncc(Cl)c(Nc3ccccc3P(C)(C)=O)n2)c(OC([2H])([2H])[2H])c([2H])c1N1CCC(N2CCN(C)CC2)CC1. The van der Waals surface area contributed by atoms with E-state index >= 15 is 0 Å². The number of nitrogens with one attached hydrogen (secondary N) is 2. The highest BCUT2D eigenvalue weighted by Gasteiger charge is 2.27. The number of halogens is 1. The average molecular weight is 589 g/mol. The highest BCUT2D eigenvalue weighted by atomic mass is 35.5. The van der Waals surface area contributed by atoms with Gasteiger partial charge in [0.05, 0.1) is 31.5 Å². The molecule has 2 aromatic carbocycles. The molecule has 9 nitrogen and oxygen atoms in total. The molecule has 0 spiro atoms. The Balaban J connectivity index is 1.41. The molecule has 0 unspecified atom stereocenters. The number of para-hydroxylation sites is 1. The lowest BCUT2D eigenvalue weighted by Gasteiger charge is -2.42. The highest BCUT2D eigenvalue weighted by Crippen LogP contribution is 2.39. The topological polar surface area (TPSA) is 85.9 Å². The van der Waals surface area contributed by atoms with Crippen molar-refractivity contribution in [3.05, 3.63) is 53.6 Å². The third-order valence-corrected chi connectivity index (χ3v) is 9.32. The first kappa shape index (κ1) is 22.8. The van der Waals surface area contributed by atoms with Crippen molar-refractivity contribution in [2.24, 2.45) is 0 Å². The third-order valence-electron chi connectivity index (χ3n) is 7.49. The maximum atomic E-state index is 12.9. The molecule has 0 amide bonds. The number of likely N-dealkylation sites (N-methyl/N-ethyl adjacent to an activating group) is 1. The van der Waals surface area contributed by atoms with Crippen molar-refractivity contribution >= 4 is 52.9 Å². The Kier molecular flexibility index (Phi) is 7.04. The minimum Gasteiger partial charge on any atom is -0.494 e. The number of methoxy groups -OCH3 is 1. The van der Waals surface area contributed by atoms with E-state index in [9.17, 15) is 4.57 Å². The van der Waals surface area contributed by atoms with Crippen molar-refractivity contribution < 1.29 is 16.2 Å². The van der Waals surface area contributed by atoms with Crippen LogP contribution in [0.25, 0.3) is 0 Å². The van der Waals surface area contributed by atoms with Gasteiger partial charge < -0.3 is 29.7 Å². The van der Waals surface area contributed by atoms with Crippen LogP contribution in [0.3, 0.4) is 0 Å². The van der Waals surface area contributed by atoms with E-state index < -0.39 is 14.2 Å². The first-order valence-electron chi connectivity index (χ1n) is 15.9. The molecule has 11 heteroatoms. The molecule has 0 radical (unpaired) electrons. The van der Waals surface area contributed by atoms with E-state index in [-0.39, 0.29) is 40.3 Å². The van der Waals surface area contributed by atoms with Crippen molar-refractivity contribution in [3.8, 4) is 5.75 Å². The number of rotatable bonds is 8. The van der Waals surface area contributed by atoms with Gasteiger partial charge in [-0.3, -0.25) is 4.90 Å². The summed E-state index contributed by atoms with van der Waals surface area (Å²) >= 11 is 6.40. The van der Waals surface area contributed by atoms with Crippen molar-refractivity contribution in [2.75, 3.05) is 82.2 Å². The van der Waals surface area contributed by atoms with Crippen LogP contribution >= 0.6 is 18.7 Å². The van der Waals surface area contributed by atoms with Crippen molar-refractivity contribution in [2.45, 2.75) is 18.9 Å². The molecule has 40 heavy (non-hydrogen) atoms. The normalized spacial score (nSPS) is 19.7. The van der Waals surface area contributed by atoms with E-state index in [2.05, 4.69) is 37.4 Å². The number of piperazine rings is 1. The zero-order valence-corrected chi connectivity index (χ0v) is 24.7. The fourth-order valence-electron chi connectivity index (χ4n) is 5.21. The van der Waals surface area contributed by atoms with Gasteiger partial charge in [-0.1, -0.05) is 23.7 Å². The second-order valence-corrected chi connectivity index (χ2v) is 14.3. The standard InChI is InChI=1S/C29H39ClN7O2P/c1-35-15-17-37(18-16-35)21-11-13-36(14-12-21)22-9-10-24(26(19-22)39-2)33-29-31-20-23(30)28(34-29)32-25-7-5-6-8-27(25)40(3,4)38/h5-10,19-21H,11-18H2,1-4H3,(H2,31,32,33,34)/i2D3,9D,19D. The molecule has 0 atom stereocenters. The number of benzene rings is 2. The van der Waals surface area contributed by atoms with Crippen LogP contribution in [-0.2, 0) is 4.57 Å². The molecule has 2 N–H and O–H groups in total. The fourth-order valence-corrected chi connectivity index (χ4v) is 6.51. The number of nitrogens with zero attached hydrogens (tertiary/aromatic N) is 5. The molecule has 5 rings (SSSR count). The molecule has 2 aliphatic rings. The summed E-state index contributed by atoms with van der Waals surface area (Å²) in [6.45, 7) is 8.78. The van der Waals surface area contributed by atoms with Crippen molar-refractivity contribution in [1.82, 2.24) is 19.8 Å². The summed E-state index contributed by atoms with van der Waals surface area (Å²) in [6.07, 6.45) is 3.15. The Morgan fingerprint density at radius 3 is 2.55 bits per heavy atom. The van der Waals surface area contributed by atoms with Gasteiger partial charge in [0.15, 0.2) is 5.82 Å². The maximum Gasteiger partial charge on any atom is 0.229 e. The zero-order chi connectivity index (χ0) is 32.5. The molecule has 2 saturated heterocycles. The predicted octanol–water partition coefficient (Wildman–Crippen LogP) is 5.09. The minimum absolute atomic E-state index is 0.0329. The maximum absolute atomic E-state index is 12.9. The van der Waals surface area contributed by atoms with Gasteiger partial charge in [0.2, 0.25) is 5.95 Å². The van der Waals surface area contributed by atoms with Crippen LogP contribution < -0.4 is 25.6 Å². The summed E-state index contributed by atoms with van der Waals surface area (Å²) in [6, 6.07) is 8.89. The molecule has 0 bridgehead atoms. The number of ether oxygens (including phenoxy) is 1. The fraction of sp³-hybridized carbons (Fsp3) is 0.448. The van der Waals surface area contributed by atoms with E-state index in [0.717, 1.165) is 39.0 Å². The average Bonchev–Trinajstić information content (AvgIpc) is 2.97. The van der Waals surface area contributed by atoms with Gasteiger partial charge in [-0.05, 0) is 57.5 Å². The lowest BCUT2D eigenvalue weighted by Crippen LogP contribution is -2.52. The Morgan fingerprint density at radius 2 is 1.82 bits per heavy atom. The van der Waals surface area contributed by atoms with Gasteiger partial charge in [-0.2, -0.15) is 4.98 Å². The van der Waals surface area contributed by atoms with Gasteiger partial charge >= 0.3 is 0 Å². The van der Waals surface area contributed by atoms with E-state index in [1.807, 2.05) is 4.90 Å². The van der Waals surface area contributed by atoms with Crippen LogP contribution in [0, 0.1) is 0 Å². The summed E-state index contributed by atoms with van der Waals surface area (Å²) in [7, 11) is -3.33. The van der Waals surface area contributed by atoms with E-state index in [0.29, 0.717) is 35.8 Å². The second kappa shape index (κ2) is 12.4. The lowest BCUT2D eigenvalue weighted by molar-refractivity contribution is 0.0982. The summed E-state index contributed by atoms with van der Waals surface area (Å²) < 4.78 is 59.4. The molecule has 1 aromatic heterocycles. The summed E-state index contributed by atoms with van der Waals surface area (Å²) in [4.78, 5) is 15.5. The number of anilines is 5. The summed E-state index contributed by atoms with van der Waals surface area (Å²) in [5.74, 6) is 0.0365. The number of hydrogen-bond acceptors (Lipinski definition) is 9. The molecular weight excluding hydrogens is 545 g/mol. The zero-order valence-electron chi connectivity index (χ0n) is 28.1. The third kappa shape index (κ3) is 6.72. The first-order chi connectivity index (χ1) is 21.2. The van der Waals surface area contributed by atoms with Gasteiger partial charge in [-0.25, -0.2) is 4.98 Å². The number of aromatic nitrogens is 2. The van der Waals surface area contributed by atoms with Crippen LogP contribution in [0.2, 0.25) is 5.02 Å². The van der Waals surface area contributed by atoms with Crippen LogP contribution in [0.15, 0.2) is 48.6 Å². The molecule has 2 fully saturated rings. The molecule has 3 heterocycles. The van der Waals surface area contributed by atoms with E-state index in [1.165, 1.54) is 12.3 Å². The van der Waals surface area contributed by atoms with E-state index in [4.69, 9.17) is 23.2 Å². The lowest BCUT2D eigenvalue weighted by atomic mass is 10.0. The van der Waals surface area contributed by atoms with Gasteiger partial charge in [0.25, 0.3) is 0 Å². The molecular formula is C29H39ClN7O2P. The van der Waals surface area contributed by atoms with Crippen LogP contribution in [0.4, 0.5) is 28.8 Å². The van der Waals surface area contributed by atoms with Crippen LogP contribution in [0.1, 0.15) is 19.7 Å². The molecule has 3 aromatic rings. The Morgan fingerprint density at radius 1 is 1.07 bits per heavy atom. The Labute approximate surface area is 249 Å². The Hall–Kier alpha value is -2.84. The van der Waals surface area contributed by atoms with Crippen molar-refractivity contribution in [1.29, 1.82) is 0 Å². The van der Waals surface area contributed by atoms with Gasteiger partial charge in [-0.15, -0.1) is 0 Å². The molecule has 214 valence electrons. The van der Waals surface area contributed by atoms with E-state index in [1.54, 1.807) is 37.6 Å². The predicted molar refractivity (Wildman–Crippen MR) is 166 cm³/mol. The second-order valence-electron chi connectivity index (χ2n) is 10.7. The smallest absolute Gasteiger partial charge is 0.229 e. The Bertz CT molecular complexity index is 1580. The largest absolute Gasteiger partial charge is 0.494 e. The van der Waals surface area contributed by atoms with Gasteiger partial charge in [0, 0.05) is 62.3 Å². The number of hydrogen-bond donors (Lipinski definition) is 2. The first-order valence-corrected chi connectivity index (χ1v) is 16.4. The van der Waals surface area contributed by atoms with Gasteiger partial charge in [0.1, 0.15) is 17.9 Å².